The highest BCUT2D eigenvalue weighted by Gasteiger charge is 2.20. The van der Waals surface area contributed by atoms with Crippen molar-refractivity contribution in [3.8, 4) is 0 Å². The zero-order valence-electron chi connectivity index (χ0n) is 12.5. The number of hydrogen-bond donors (Lipinski definition) is 2. The lowest BCUT2D eigenvalue weighted by Crippen LogP contribution is -2.35. The van der Waals surface area contributed by atoms with Crippen molar-refractivity contribution in [2.75, 3.05) is 6.54 Å². The Morgan fingerprint density at radius 2 is 2.14 bits per heavy atom. The maximum absolute atomic E-state index is 11.9. The topological polar surface area (TPSA) is 64.8 Å². The van der Waals surface area contributed by atoms with Crippen molar-refractivity contribution in [2.24, 2.45) is 0 Å². The van der Waals surface area contributed by atoms with E-state index in [0.29, 0.717) is 5.82 Å². The Bertz CT molecular complexity index is 860. The van der Waals surface area contributed by atoms with Gasteiger partial charge in [0.15, 0.2) is 0 Å². The number of aromatic nitrogens is 3. The smallest absolute Gasteiger partial charge is 0.254 e. The number of nitrogens with zero attached hydrogens (tertiary/aromatic N) is 2. The van der Waals surface area contributed by atoms with Gasteiger partial charge in [-0.05, 0) is 30.9 Å². The van der Waals surface area contributed by atoms with E-state index in [2.05, 4.69) is 44.1 Å². The molecule has 0 unspecified atom stereocenters. The van der Waals surface area contributed by atoms with Crippen LogP contribution in [0.1, 0.15) is 22.8 Å². The summed E-state index contributed by atoms with van der Waals surface area (Å²) in [6.07, 6.45) is 0.762. The zero-order valence-corrected chi connectivity index (χ0v) is 12.5. The fourth-order valence-corrected chi connectivity index (χ4v) is 3.21. The van der Waals surface area contributed by atoms with Gasteiger partial charge in [0.2, 0.25) is 0 Å². The molecule has 112 valence electrons. The van der Waals surface area contributed by atoms with Crippen molar-refractivity contribution >= 4 is 10.9 Å². The summed E-state index contributed by atoms with van der Waals surface area (Å²) in [4.78, 5) is 25.0. The van der Waals surface area contributed by atoms with E-state index in [4.69, 9.17) is 0 Å². The second kappa shape index (κ2) is 5.10. The van der Waals surface area contributed by atoms with Crippen LogP contribution in [0.2, 0.25) is 0 Å². The van der Waals surface area contributed by atoms with Crippen LogP contribution in [0.4, 0.5) is 0 Å². The van der Waals surface area contributed by atoms with Crippen molar-refractivity contribution in [1.82, 2.24) is 19.9 Å². The Morgan fingerprint density at radius 1 is 1.27 bits per heavy atom. The lowest BCUT2D eigenvalue weighted by Gasteiger charge is -2.27. The van der Waals surface area contributed by atoms with Gasteiger partial charge in [-0.3, -0.25) is 9.69 Å². The summed E-state index contributed by atoms with van der Waals surface area (Å²) in [5.41, 5.74) is 4.15. The van der Waals surface area contributed by atoms with E-state index in [9.17, 15) is 4.79 Å². The van der Waals surface area contributed by atoms with E-state index in [0.717, 1.165) is 37.3 Å². The van der Waals surface area contributed by atoms with Gasteiger partial charge in [-0.2, -0.15) is 0 Å². The van der Waals surface area contributed by atoms with Gasteiger partial charge in [0.1, 0.15) is 5.82 Å². The number of H-pyrrole nitrogens is 2. The molecular weight excluding hydrogens is 276 g/mol. The number of fused-ring (bicyclic) bond motifs is 2. The third-order valence-electron chi connectivity index (χ3n) is 4.25. The average molecular weight is 294 g/mol. The van der Waals surface area contributed by atoms with Crippen LogP contribution in [0.5, 0.6) is 0 Å². The summed E-state index contributed by atoms with van der Waals surface area (Å²) < 4.78 is 0. The van der Waals surface area contributed by atoms with Gasteiger partial charge in [0.05, 0.1) is 5.69 Å². The second-order valence-corrected chi connectivity index (χ2v) is 5.92. The van der Waals surface area contributed by atoms with E-state index < -0.39 is 0 Å². The minimum atomic E-state index is 0.0211. The molecule has 0 saturated carbocycles. The minimum absolute atomic E-state index is 0.0211. The first-order chi connectivity index (χ1) is 10.7. The van der Waals surface area contributed by atoms with Gasteiger partial charge in [-0.15, -0.1) is 0 Å². The standard InChI is InChI=1S/C17H18N4O/c1-11-18-16-10-21(7-6-14(16)17(22)19-11)9-13-8-12-4-2-3-5-15(12)20-13/h2-5,8,20H,6-7,9-10H2,1H3,(H,18,19,22). The highest BCUT2D eigenvalue weighted by Crippen LogP contribution is 2.19. The largest absolute Gasteiger partial charge is 0.357 e. The number of hydrogen-bond acceptors (Lipinski definition) is 3. The molecule has 5 nitrogen and oxygen atoms in total. The van der Waals surface area contributed by atoms with Gasteiger partial charge in [-0.1, -0.05) is 18.2 Å². The Labute approximate surface area is 128 Å². The molecule has 0 amide bonds. The maximum atomic E-state index is 11.9. The molecule has 0 spiro atoms. The van der Waals surface area contributed by atoms with E-state index >= 15 is 0 Å². The monoisotopic (exact) mass is 294 g/mol. The fourth-order valence-electron chi connectivity index (χ4n) is 3.21. The molecule has 2 N–H and O–H groups in total. The highest BCUT2D eigenvalue weighted by atomic mass is 16.1. The number of para-hydroxylation sites is 1. The number of aromatic amines is 2. The predicted molar refractivity (Wildman–Crippen MR) is 85.7 cm³/mol. The molecule has 3 heterocycles. The van der Waals surface area contributed by atoms with Crippen LogP contribution in [0, 0.1) is 6.92 Å². The van der Waals surface area contributed by atoms with E-state index in [-0.39, 0.29) is 5.56 Å². The first-order valence-electron chi connectivity index (χ1n) is 7.57. The van der Waals surface area contributed by atoms with E-state index in [1.807, 2.05) is 13.0 Å². The van der Waals surface area contributed by atoms with Gasteiger partial charge in [0, 0.05) is 36.4 Å². The van der Waals surface area contributed by atoms with Crippen molar-refractivity contribution in [3.05, 3.63) is 63.5 Å². The molecule has 1 aliphatic heterocycles. The molecule has 0 aliphatic carbocycles. The molecule has 0 bridgehead atoms. The molecule has 4 rings (SSSR count). The first kappa shape index (κ1) is 13.3. The molecule has 3 aromatic rings. The summed E-state index contributed by atoms with van der Waals surface area (Å²) >= 11 is 0. The molecule has 0 saturated heterocycles. The summed E-state index contributed by atoms with van der Waals surface area (Å²) in [6, 6.07) is 10.5. The Morgan fingerprint density at radius 3 is 3.00 bits per heavy atom. The molecule has 0 radical (unpaired) electrons. The van der Waals surface area contributed by atoms with Crippen LogP contribution < -0.4 is 5.56 Å². The van der Waals surface area contributed by atoms with E-state index in [1.54, 1.807) is 0 Å². The van der Waals surface area contributed by atoms with Gasteiger partial charge in [-0.25, -0.2) is 4.98 Å². The lowest BCUT2D eigenvalue weighted by atomic mass is 10.1. The molecule has 22 heavy (non-hydrogen) atoms. The first-order valence-corrected chi connectivity index (χ1v) is 7.57. The lowest BCUT2D eigenvalue weighted by molar-refractivity contribution is 0.238. The zero-order chi connectivity index (χ0) is 15.1. The maximum Gasteiger partial charge on any atom is 0.254 e. The Kier molecular flexibility index (Phi) is 3.08. The molecule has 1 aliphatic rings. The van der Waals surface area contributed by atoms with Gasteiger partial charge in [0.25, 0.3) is 5.56 Å². The molecule has 0 atom stereocenters. The number of benzene rings is 1. The number of aryl methyl sites for hydroxylation is 1. The third-order valence-corrected chi connectivity index (χ3v) is 4.25. The minimum Gasteiger partial charge on any atom is -0.357 e. The van der Waals surface area contributed by atoms with Crippen molar-refractivity contribution < 1.29 is 0 Å². The van der Waals surface area contributed by atoms with Gasteiger partial charge < -0.3 is 9.97 Å². The van der Waals surface area contributed by atoms with Crippen LogP contribution in [-0.4, -0.2) is 26.4 Å². The molecule has 2 aromatic heterocycles. The predicted octanol–water partition coefficient (Wildman–Crippen LogP) is 2.12. The van der Waals surface area contributed by atoms with Gasteiger partial charge >= 0.3 is 0 Å². The molecule has 0 fully saturated rings. The van der Waals surface area contributed by atoms with Crippen molar-refractivity contribution in [2.45, 2.75) is 26.4 Å². The van der Waals surface area contributed by atoms with Crippen molar-refractivity contribution in [3.63, 3.8) is 0 Å². The molecule has 5 heteroatoms. The van der Waals surface area contributed by atoms with Crippen LogP contribution in [0.25, 0.3) is 10.9 Å². The summed E-state index contributed by atoms with van der Waals surface area (Å²) in [7, 11) is 0. The van der Waals surface area contributed by atoms with Crippen molar-refractivity contribution in [1.29, 1.82) is 0 Å². The second-order valence-electron chi connectivity index (χ2n) is 5.92. The van der Waals surface area contributed by atoms with Crippen LogP contribution in [-0.2, 0) is 19.5 Å². The summed E-state index contributed by atoms with van der Waals surface area (Å²) in [6.45, 7) is 4.30. The third kappa shape index (κ3) is 2.33. The van der Waals surface area contributed by atoms with E-state index in [1.165, 1.54) is 16.6 Å². The average Bonchev–Trinajstić information content (AvgIpc) is 2.88. The van der Waals surface area contributed by atoms with Crippen LogP contribution >= 0.6 is 0 Å². The fraction of sp³-hybridized carbons (Fsp3) is 0.294. The number of nitrogens with one attached hydrogen (secondary N) is 2. The summed E-state index contributed by atoms with van der Waals surface area (Å²) in [5, 5.41) is 1.24. The molecular formula is C17H18N4O. The Balaban J connectivity index is 1.58. The SMILES string of the molecule is Cc1nc2c(c(=O)[nH]1)CCN(Cc1cc3ccccc3[nH]1)C2. The number of rotatable bonds is 2. The Hall–Kier alpha value is -2.40. The quantitative estimate of drug-likeness (QED) is 0.761. The van der Waals surface area contributed by atoms with Crippen LogP contribution in [0.3, 0.4) is 0 Å². The summed E-state index contributed by atoms with van der Waals surface area (Å²) in [5.74, 6) is 0.691. The van der Waals surface area contributed by atoms with Crippen LogP contribution in [0.15, 0.2) is 35.1 Å². The molecule has 1 aromatic carbocycles. The normalized spacial score (nSPS) is 15.1. The highest BCUT2D eigenvalue weighted by molar-refractivity contribution is 5.80.